The molecule has 1 aromatic carbocycles. The van der Waals surface area contributed by atoms with Crippen molar-refractivity contribution in [2.75, 3.05) is 0 Å². The molecule has 3 heteroatoms. The zero-order valence-electron chi connectivity index (χ0n) is 9.21. The normalized spacial score (nSPS) is 26.1. The van der Waals surface area contributed by atoms with Crippen LogP contribution in [0.15, 0.2) is 29.3 Å². The minimum atomic E-state index is -0.125. The second kappa shape index (κ2) is 5.12. The molecular weight excluding hydrogens is 202 g/mol. The lowest BCUT2D eigenvalue weighted by molar-refractivity contribution is 0.123. The van der Waals surface area contributed by atoms with Crippen molar-refractivity contribution in [2.45, 2.75) is 37.8 Å². The predicted molar refractivity (Wildman–Crippen MR) is 64.0 cm³/mol. The van der Waals surface area contributed by atoms with Gasteiger partial charge in [-0.15, -0.1) is 0 Å². The van der Waals surface area contributed by atoms with Crippen molar-refractivity contribution in [3.05, 3.63) is 29.8 Å². The van der Waals surface area contributed by atoms with Gasteiger partial charge in [0.05, 0.1) is 12.1 Å². The lowest BCUT2D eigenvalue weighted by Gasteiger charge is -2.22. The van der Waals surface area contributed by atoms with Gasteiger partial charge in [-0.25, -0.2) is 0 Å². The summed E-state index contributed by atoms with van der Waals surface area (Å²) in [7, 11) is 0. The second-order valence-corrected chi connectivity index (χ2v) is 4.33. The van der Waals surface area contributed by atoms with Crippen molar-refractivity contribution in [3.63, 3.8) is 0 Å². The largest absolute Gasteiger partial charge is 0.508 e. The molecule has 0 unspecified atom stereocenters. The van der Waals surface area contributed by atoms with E-state index in [0.29, 0.717) is 6.04 Å². The van der Waals surface area contributed by atoms with Crippen LogP contribution < -0.4 is 0 Å². The molecule has 0 aliphatic heterocycles. The maximum absolute atomic E-state index is 9.36. The van der Waals surface area contributed by atoms with E-state index < -0.39 is 0 Å². The summed E-state index contributed by atoms with van der Waals surface area (Å²) in [5.41, 5.74) is 1.00. The fourth-order valence-electron chi connectivity index (χ4n) is 1.96. The van der Waals surface area contributed by atoms with Crippen molar-refractivity contribution in [1.82, 2.24) is 0 Å². The van der Waals surface area contributed by atoms with Gasteiger partial charge in [0.15, 0.2) is 0 Å². The first-order chi connectivity index (χ1) is 7.74. The Labute approximate surface area is 95.5 Å². The van der Waals surface area contributed by atoms with Gasteiger partial charge in [0.1, 0.15) is 5.75 Å². The van der Waals surface area contributed by atoms with E-state index in [4.69, 9.17) is 5.11 Å². The lowest BCUT2D eigenvalue weighted by Crippen LogP contribution is -2.20. The Kier molecular flexibility index (Phi) is 3.57. The Morgan fingerprint density at radius 2 is 1.69 bits per heavy atom. The third kappa shape index (κ3) is 3.07. The van der Waals surface area contributed by atoms with E-state index in [1.165, 1.54) is 0 Å². The summed E-state index contributed by atoms with van der Waals surface area (Å²) in [6.07, 6.45) is 5.38. The Balaban J connectivity index is 1.91. The highest BCUT2D eigenvalue weighted by molar-refractivity contribution is 5.79. The van der Waals surface area contributed by atoms with E-state index in [1.54, 1.807) is 12.1 Å². The van der Waals surface area contributed by atoms with E-state index in [9.17, 15) is 5.11 Å². The zero-order valence-corrected chi connectivity index (χ0v) is 9.21. The number of hydrogen-bond acceptors (Lipinski definition) is 3. The van der Waals surface area contributed by atoms with Gasteiger partial charge in [-0.3, -0.25) is 4.99 Å². The summed E-state index contributed by atoms with van der Waals surface area (Å²) in [6, 6.07) is 7.35. The monoisotopic (exact) mass is 219 g/mol. The highest BCUT2D eigenvalue weighted by Crippen LogP contribution is 2.21. The minimum absolute atomic E-state index is 0.125. The van der Waals surface area contributed by atoms with E-state index in [2.05, 4.69) is 4.99 Å². The van der Waals surface area contributed by atoms with E-state index in [0.717, 1.165) is 31.2 Å². The molecule has 0 amide bonds. The van der Waals surface area contributed by atoms with Crippen LogP contribution in [0.3, 0.4) is 0 Å². The number of rotatable bonds is 2. The SMILES string of the molecule is Oc1ccc(C=NC2CCC(O)CC2)cc1. The molecule has 1 aliphatic carbocycles. The second-order valence-electron chi connectivity index (χ2n) is 4.33. The molecule has 0 bridgehead atoms. The molecule has 2 rings (SSSR count). The standard InChI is InChI=1S/C13H17NO2/c15-12-5-1-10(2-6-12)9-14-11-3-7-13(16)8-4-11/h1-2,5-6,9,11,13,15-16H,3-4,7-8H2. The highest BCUT2D eigenvalue weighted by Gasteiger charge is 2.17. The van der Waals surface area contributed by atoms with Gasteiger partial charge in [-0.1, -0.05) is 0 Å². The van der Waals surface area contributed by atoms with Crippen molar-refractivity contribution >= 4 is 6.21 Å². The van der Waals surface area contributed by atoms with Crippen LogP contribution in [0.25, 0.3) is 0 Å². The molecule has 1 saturated carbocycles. The Morgan fingerprint density at radius 1 is 1.06 bits per heavy atom. The molecule has 0 heterocycles. The molecule has 0 saturated heterocycles. The molecule has 1 aromatic rings. The molecular formula is C13H17NO2. The zero-order chi connectivity index (χ0) is 11.4. The number of hydrogen-bond donors (Lipinski definition) is 2. The summed E-state index contributed by atoms with van der Waals surface area (Å²) in [4.78, 5) is 4.50. The maximum Gasteiger partial charge on any atom is 0.115 e. The van der Waals surface area contributed by atoms with Crippen LogP contribution in [-0.4, -0.2) is 28.6 Å². The van der Waals surface area contributed by atoms with Crippen LogP contribution in [0.4, 0.5) is 0 Å². The van der Waals surface area contributed by atoms with Crippen LogP contribution in [-0.2, 0) is 0 Å². The molecule has 3 nitrogen and oxygen atoms in total. The molecule has 1 fully saturated rings. The first-order valence-electron chi connectivity index (χ1n) is 5.74. The molecule has 86 valence electrons. The third-order valence-electron chi connectivity index (χ3n) is 2.99. The first kappa shape index (κ1) is 11.1. The summed E-state index contributed by atoms with van der Waals surface area (Å²) < 4.78 is 0. The smallest absolute Gasteiger partial charge is 0.115 e. The average Bonchev–Trinajstić information content (AvgIpc) is 2.30. The van der Waals surface area contributed by atoms with Crippen molar-refractivity contribution < 1.29 is 10.2 Å². The van der Waals surface area contributed by atoms with Crippen LogP contribution in [0, 0.1) is 0 Å². The van der Waals surface area contributed by atoms with Gasteiger partial charge in [0.2, 0.25) is 0 Å². The van der Waals surface area contributed by atoms with Gasteiger partial charge >= 0.3 is 0 Å². The number of phenolic OH excluding ortho intramolecular Hbond substituents is 1. The van der Waals surface area contributed by atoms with E-state index in [-0.39, 0.29) is 11.9 Å². The summed E-state index contributed by atoms with van der Waals surface area (Å²) >= 11 is 0. The van der Waals surface area contributed by atoms with Crippen molar-refractivity contribution in [2.24, 2.45) is 4.99 Å². The third-order valence-corrected chi connectivity index (χ3v) is 2.99. The summed E-state index contributed by atoms with van der Waals surface area (Å²) in [6.45, 7) is 0. The number of aliphatic imine (C=N–C) groups is 1. The summed E-state index contributed by atoms with van der Waals surface area (Å²) in [5, 5.41) is 18.5. The van der Waals surface area contributed by atoms with Gasteiger partial charge in [0, 0.05) is 6.21 Å². The fraction of sp³-hybridized carbons (Fsp3) is 0.462. The van der Waals surface area contributed by atoms with Crippen molar-refractivity contribution in [3.8, 4) is 5.75 Å². The Hall–Kier alpha value is -1.35. The van der Waals surface area contributed by atoms with E-state index in [1.807, 2.05) is 18.3 Å². The topological polar surface area (TPSA) is 52.8 Å². The first-order valence-corrected chi connectivity index (χ1v) is 5.74. The van der Waals surface area contributed by atoms with Crippen LogP contribution in [0.2, 0.25) is 0 Å². The Morgan fingerprint density at radius 3 is 2.31 bits per heavy atom. The molecule has 1 aliphatic rings. The number of benzene rings is 1. The molecule has 0 atom stereocenters. The summed E-state index contributed by atoms with van der Waals surface area (Å²) in [5.74, 6) is 0.276. The van der Waals surface area contributed by atoms with Crippen LogP contribution in [0.5, 0.6) is 5.75 Å². The lowest BCUT2D eigenvalue weighted by atomic mass is 9.93. The van der Waals surface area contributed by atoms with Gasteiger partial charge in [-0.05, 0) is 55.5 Å². The predicted octanol–water partition coefficient (Wildman–Crippen LogP) is 2.11. The van der Waals surface area contributed by atoms with E-state index >= 15 is 0 Å². The number of aliphatic hydroxyl groups excluding tert-OH is 1. The number of nitrogens with zero attached hydrogens (tertiary/aromatic N) is 1. The van der Waals surface area contributed by atoms with Gasteiger partial charge in [-0.2, -0.15) is 0 Å². The molecule has 0 aromatic heterocycles. The molecule has 0 radical (unpaired) electrons. The number of aromatic hydroxyl groups is 1. The van der Waals surface area contributed by atoms with Gasteiger partial charge in [0.25, 0.3) is 0 Å². The van der Waals surface area contributed by atoms with Crippen LogP contribution in [0.1, 0.15) is 31.2 Å². The highest BCUT2D eigenvalue weighted by atomic mass is 16.3. The Bertz CT molecular complexity index is 351. The van der Waals surface area contributed by atoms with Crippen molar-refractivity contribution in [1.29, 1.82) is 0 Å². The quantitative estimate of drug-likeness (QED) is 0.748. The average molecular weight is 219 g/mol. The fourth-order valence-corrected chi connectivity index (χ4v) is 1.96. The maximum atomic E-state index is 9.36. The minimum Gasteiger partial charge on any atom is -0.508 e. The van der Waals surface area contributed by atoms with Gasteiger partial charge < -0.3 is 10.2 Å². The number of phenols is 1. The molecule has 0 spiro atoms. The molecule has 2 N–H and O–H groups in total. The number of aliphatic hydroxyl groups is 1. The van der Waals surface area contributed by atoms with Crippen LogP contribution >= 0.6 is 0 Å². The molecule has 16 heavy (non-hydrogen) atoms.